The first kappa shape index (κ1) is 23.8. The number of alkyl halides is 1. The number of hydrogen-bond acceptors (Lipinski definition) is 5. The molecular formula is C27H29BrFN5O2. The summed E-state index contributed by atoms with van der Waals surface area (Å²) in [7, 11) is 1.74. The molecule has 1 N–H and O–H groups in total. The van der Waals surface area contributed by atoms with E-state index in [2.05, 4.69) is 44.4 Å². The number of aryl methyl sites for hydroxylation is 1. The van der Waals surface area contributed by atoms with E-state index < -0.39 is 11.6 Å². The van der Waals surface area contributed by atoms with Crippen LogP contribution in [-0.4, -0.2) is 39.4 Å². The Balaban J connectivity index is 1.27. The molecule has 1 atom stereocenters. The molecule has 3 heterocycles. The largest absolute Gasteiger partial charge is 0.379 e. The predicted octanol–water partition coefficient (Wildman–Crippen LogP) is 4.75. The number of anilines is 1. The summed E-state index contributed by atoms with van der Waals surface area (Å²) < 4.78 is 23.8. The van der Waals surface area contributed by atoms with Gasteiger partial charge in [-0.15, -0.1) is 10.2 Å². The normalized spacial score (nSPS) is 20.6. The van der Waals surface area contributed by atoms with E-state index in [1.54, 1.807) is 16.5 Å². The third-order valence-corrected chi connectivity index (χ3v) is 8.84. The molecule has 188 valence electrons. The van der Waals surface area contributed by atoms with Gasteiger partial charge in [0.1, 0.15) is 6.33 Å². The highest BCUT2D eigenvalue weighted by Gasteiger charge is 2.50. The summed E-state index contributed by atoms with van der Waals surface area (Å²) in [6.45, 7) is 3.95. The molecule has 6 rings (SSSR count). The average Bonchev–Trinajstić information content (AvgIpc) is 3.39. The van der Waals surface area contributed by atoms with Crippen LogP contribution in [0.25, 0.3) is 0 Å². The smallest absolute Gasteiger partial charge is 0.258 e. The van der Waals surface area contributed by atoms with Crippen molar-refractivity contribution in [3.63, 3.8) is 0 Å². The first-order valence-electron chi connectivity index (χ1n) is 12.3. The number of fused-ring (bicyclic) bond motifs is 1. The van der Waals surface area contributed by atoms with Gasteiger partial charge in [-0.2, -0.15) is 0 Å². The van der Waals surface area contributed by atoms with Gasteiger partial charge in [-0.1, -0.05) is 28.1 Å². The van der Waals surface area contributed by atoms with Crippen molar-refractivity contribution >= 4 is 27.5 Å². The van der Waals surface area contributed by atoms with E-state index in [0.717, 1.165) is 39.0 Å². The van der Waals surface area contributed by atoms with Crippen LogP contribution in [-0.2, 0) is 30.3 Å². The number of ether oxygens (including phenoxy) is 1. The van der Waals surface area contributed by atoms with Crippen LogP contribution >= 0.6 is 15.9 Å². The Morgan fingerprint density at radius 3 is 2.69 bits per heavy atom. The number of carbonyl (C=O) groups is 1. The number of aromatic nitrogens is 3. The molecule has 2 aromatic carbocycles. The molecule has 9 heteroatoms. The van der Waals surface area contributed by atoms with Gasteiger partial charge >= 0.3 is 0 Å². The molecule has 1 aliphatic carbocycles. The van der Waals surface area contributed by atoms with Gasteiger partial charge in [-0.3, -0.25) is 4.79 Å². The zero-order chi connectivity index (χ0) is 25.1. The van der Waals surface area contributed by atoms with E-state index in [-0.39, 0.29) is 30.5 Å². The Morgan fingerprint density at radius 1 is 1.25 bits per heavy atom. The third-order valence-electron chi connectivity index (χ3n) is 8.13. The summed E-state index contributed by atoms with van der Waals surface area (Å²) >= 11 is 3.70. The maximum atomic E-state index is 15.8. The fourth-order valence-electron chi connectivity index (χ4n) is 5.46. The van der Waals surface area contributed by atoms with Gasteiger partial charge in [-0.05, 0) is 67.1 Å². The minimum absolute atomic E-state index is 0.0384. The number of nitrogens with one attached hydrogen (secondary N) is 1. The number of benzene rings is 2. The van der Waals surface area contributed by atoms with Crippen LogP contribution in [0.1, 0.15) is 65.2 Å². The van der Waals surface area contributed by atoms with Gasteiger partial charge in [0.05, 0.1) is 25.2 Å². The minimum Gasteiger partial charge on any atom is -0.379 e. The van der Waals surface area contributed by atoms with Gasteiger partial charge in [0.25, 0.3) is 5.91 Å². The second-order valence-corrected chi connectivity index (χ2v) is 11.5. The first-order valence-corrected chi connectivity index (χ1v) is 13.1. The molecule has 1 aromatic heterocycles. The van der Waals surface area contributed by atoms with Gasteiger partial charge in [0, 0.05) is 34.9 Å². The number of hydrogen-bond donors (Lipinski definition) is 1. The van der Waals surface area contributed by atoms with Crippen molar-refractivity contribution in [2.75, 3.05) is 18.1 Å². The van der Waals surface area contributed by atoms with Crippen LogP contribution in [0.4, 0.5) is 10.1 Å². The Kier molecular flexibility index (Phi) is 5.77. The highest BCUT2D eigenvalue weighted by molar-refractivity contribution is 9.10. The highest BCUT2D eigenvalue weighted by atomic mass is 79.9. The van der Waals surface area contributed by atoms with Crippen molar-refractivity contribution < 1.29 is 13.9 Å². The van der Waals surface area contributed by atoms with E-state index in [0.29, 0.717) is 6.54 Å². The summed E-state index contributed by atoms with van der Waals surface area (Å²) in [5.74, 6) is 0.234. The van der Waals surface area contributed by atoms with Crippen LogP contribution in [0.5, 0.6) is 0 Å². The van der Waals surface area contributed by atoms with Crippen LogP contribution < -0.4 is 10.2 Å². The van der Waals surface area contributed by atoms with Crippen LogP contribution in [0.2, 0.25) is 0 Å². The number of halogens is 2. The molecule has 0 bridgehead atoms. The zero-order valence-electron chi connectivity index (χ0n) is 20.4. The van der Waals surface area contributed by atoms with Crippen LogP contribution in [0.3, 0.4) is 0 Å². The van der Waals surface area contributed by atoms with Gasteiger partial charge in [-0.25, -0.2) is 4.39 Å². The lowest BCUT2D eigenvalue weighted by atomic mass is 9.74. The van der Waals surface area contributed by atoms with Crippen molar-refractivity contribution in [1.29, 1.82) is 0 Å². The molecule has 1 saturated carbocycles. The lowest BCUT2D eigenvalue weighted by Gasteiger charge is -2.43. The first-order chi connectivity index (χ1) is 17.3. The summed E-state index contributed by atoms with van der Waals surface area (Å²) in [5, 5.41) is 11.5. The summed E-state index contributed by atoms with van der Waals surface area (Å²) in [4.78, 5) is 15.3. The molecule has 0 spiro atoms. The number of rotatable bonds is 7. The second-order valence-electron chi connectivity index (χ2n) is 10.6. The van der Waals surface area contributed by atoms with E-state index >= 15 is 4.39 Å². The Bertz CT molecular complexity index is 1330. The maximum Gasteiger partial charge on any atom is 0.258 e. The SMILES string of the molecule is Cn1cnnc1[C@H](F)C1(c2cccc(N3Cc4c(Br)cc(CNC5(C)CCC5)cc4C3=O)c2)COC1. The predicted molar refractivity (Wildman–Crippen MR) is 138 cm³/mol. The number of nitrogens with zero attached hydrogens (tertiary/aromatic N) is 4. The summed E-state index contributed by atoms with van der Waals surface area (Å²) in [6, 6.07) is 11.7. The lowest BCUT2D eigenvalue weighted by molar-refractivity contribution is -0.102. The molecular weight excluding hydrogens is 525 g/mol. The topological polar surface area (TPSA) is 72.3 Å². The summed E-state index contributed by atoms with van der Waals surface area (Å²) in [5.41, 5.74) is 3.67. The third kappa shape index (κ3) is 3.79. The minimum atomic E-state index is -1.37. The lowest BCUT2D eigenvalue weighted by Crippen LogP contribution is -2.50. The standard InChI is InChI=1S/C27H29BrFN5O2/c1-26(7-4-8-26)30-12-17-9-20-21(22(28)10-17)13-34(25(20)35)19-6-3-5-18(11-19)27(14-36-15-27)23(29)24-32-31-16-33(24)2/h3,5-6,9-11,16,23,30H,4,7-8,12-15H2,1-2H3/t23-/m0/s1. The average molecular weight is 554 g/mol. The van der Waals surface area contributed by atoms with E-state index in [4.69, 9.17) is 4.74 Å². The Labute approximate surface area is 218 Å². The van der Waals surface area contributed by atoms with E-state index in [9.17, 15) is 4.79 Å². The molecule has 1 saturated heterocycles. The molecule has 36 heavy (non-hydrogen) atoms. The number of carbonyl (C=O) groups excluding carboxylic acids is 1. The second kappa shape index (κ2) is 8.75. The van der Waals surface area contributed by atoms with Crippen LogP contribution in [0.15, 0.2) is 47.2 Å². The van der Waals surface area contributed by atoms with Crippen molar-refractivity contribution in [2.24, 2.45) is 7.05 Å². The molecule has 1 amide bonds. The molecule has 7 nitrogen and oxygen atoms in total. The zero-order valence-corrected chi connectivity index (χ0v) is 22.0. The Morgan fingerprint density at radius 2 is 2.06 bits per heavy atom. The Hall–Kier alpha value is -2.62. The maximum absolute atomic E-state index is 15.8. The molecule has 0 radical (unpaired) electrons. The van der Waals surface area contributed by atoms with E-state index in [1.807, 2.05) is 30.3 Å². The molecule has 2 fully saturated rings. The molecule has 0 unspecified atom stereocenters. The van der Waals surface area contributed by atoms with Gasteiger partial charge in [0.2, 0.25) is 0 Å². The van der Waals surface area contributed by atoms with Crippen molar-refractivity contribution in [3.8, 4) is 0 Å². The van der Waals surface area contributed by atoms with Gasteiger partial charge < -0.3 is 19.5 Å². The quantitative estimate of drug-likeness (QED) is 0.457. The molecule has 3 aromatic rings. The summed E-state index contributed by atoms with van der Waals surface area (Å²) in [6.07, 6.45) is 3.76. The molecule has 3 aliphatic rings. The molecule has 2 aliphatic heterocycles. The number of amides is 1. The van der Waals surface area contributed by atoms with E-state index in [1.165, 1.54) is 25.6 Å². The van der Waals surface area contributed by atoms with Crippen LogP contribution in [0, 0.1) is 0 Å². The monoisotopic (exact) mass is 553 g/mol. The van der Waals surface area contributed by atoms with Crippen molar-refractivity contribution in [3.05, 3.63) is 75.3 Å². The van der Waals surface area contributed by atoms with Crippen molar-refractivity contribution in [1.82, 2.24) is 20.1 Å². The van der Waals surface area contributed by atoms with Crippen molar-refractivity contribution in [2.45, 2.75) is 56.4 Å². The fourth-order valence-corrected chi connectivity index (χ4v) is 6.10. The highest BCUT2D eigenvalue weighted by Crippen LogP contribution is 2.46. The van der Waals surface area contributed by atoms with Gasteiger partial charge in [0.15, 0.2) is 12.0 Å². The fraction of sp³-hybridized carbons (Fsp3) is 0.444.